The lowest BCUT2D eigenvalue weighted by Gasteiger charge is -2.29. The van der Waals surface area contributed by atoms with Crippen molar-refractivity contribution in [1.82, 2.24) is 0 Å². The highest BCUT2D eigenvalue weighted by atomic mass is 32.2. The molecule has 0 radical (unpaired) electrons. The van der Waals surface area contributed by atoms with Gasteiger partial charge in [-0.05, 0) is 42.5 Å². The molecule has 1 aliphatic heterocycles. The minimum absolute atomic E-state index is 0.178. The van der Waals surface area contributed by atoms with E-state index in [2.05, 4.69) is 10.2 Å². The van der Waals surface area contributed by atoms with Crippen LogP contribution in [-0.4, -0.2) is 42.7 Å². The molecule has 1 unspecified atom stereocenters. The molecule has 1 amide bonds. The first-order valence-corrected chi connectivity index (χ1v) is 9.37. The number of ether oxygens (including phenoxy) is 1. The molecule has 5 nitrogen and oxygen atoms in total. The SMILES string of the molecule is CS(=O)c1ccc(C(=O)Nc2cccc(N3CCOCC3)c2)cc1. The molecule has 6 heteroatoms. The molecular weight excluding hydrogens is 324 g/mol. The number of carbonyl (C=O) groups excluding carboxylic acids is 1. The van der Waals surface area contributed by atoms with E-state index in [0.29, 0.717) is 10.5 Å². The van der Waals surface area contributed by atoms with Gasteiger partial charge in [0.1, 0.15) is 0 Å². The van der Waals surface area contributed by atoms with Gasteiger partial charge in [-0.3, -0.25) is 9.00 Å². The van der Waals surface area contributed by atoms with Crippen molar-refractivity contribution in [3.05, 3.63) is 54.1 Å². The average molecular weight is 344 g/mol. The molecule has 0 aliphatic carbocycles. The molecule has 3 rings (SSSR count). The second-order valence-corrected chi connectivity index (χ2v) is 6.96. The summed E-state index contributed by atoms with van der Waals surface area (Å²) in [5, 5.41) is 2.91. The summed E-state index contributed by atoms with van der Waals surface area (Å²) in [6.45, 7) is 3.16. The molecule has 0 aromatic heterocycles. The lowest BCUT2D eigenvalue weighted by atomic mass is 10.2. The van der Waals surface area contributed by atoms with Crippen molar-refractivity contribution in [2.75, 3.05) is 42.8 Å². The van der Waals surface area contributed by atoms with Crippen LogP contribution in [0.3, 0.4) is 0 Å². The first kappa shape index (κ1) is 16.7. The molecule has 0 bridgehead atoms. The molecule has 2 aromatic rings. The fraction of sp³-hybridized carbons (Fsp3) is 0.278. The van der Waals surface area contributed by atoms with Gasteiger partial charge >= 0.3 is 0 Å². The van der Waals surface area contributed by atoms with Gasteiger partial charge in [-0.15, -0.1) is 0 Å². The Morgan fingerprint density at radius 2 is 1.83 bits per heavy atom. The van der Waals surface area contributed by atoms with E-state index in [1.165, 1.54) is 0 Å². The number of carbonyl (C=O) groups is 1. The minimum Gasteiger partial charge on any atom is -0.378 e. The van der Waals surface area contributed by atoms with Gasteiger partial charge in [-0.2, -0.15) is 0 Å². The molecule has 2 aromatic carbocycles. The number of nitrogens with one attached hydrogen (secondary N) is 1. The monoisotopic (exact) mass is 344 g/mol. The lowest BCUT2D eigenvalue weighted by Crippen LogP contribution is -2.36. The van der Waals surface area contributed by atoms with E-state index < -0.39 is 10.8 Å². The number of amides is 1. The van der Waals surface area contributed by atoms with Crippen molar-refractivity contribution in [2.45, 2.75) is 4.90 Å². The lowest BCUT2D eigenvalue weighted by molar-refractivity contribution is 0.102. The topological polar surface area (TPSA) is 58.6 Å². The van der Waals surface area contributed by atoms with Crippen LogP contribution < -0.4 is 10.2 Å². The Hall–Kier alpha value is -2.18. The van der Waals surface area contributed by atoms with Gasteiger partial charge in [0.15, 0.2) is 0 Å². The van der Waals surface area contributed by atoms with E-state index in [1.54, 1.807) is 30.5 Å². The van der Waals surface area contributed by atoms with E-state index in [0.717, 1.165) is 37.7 Å². The fourth-order valence-electron chi connectivity index (χ4n) is 2.60. The Kier molecular flexibility index (Phi) is 5.27. The molecule has 24 heavy (non-hydrogen) atoms. The molecule has 1 aliphatic rings. The summed E-state index contributed by atoms with van der Waals surface area (Å²) in [7, 11) is -1.04. The summed E-state index contributed by atoms with van der Waals surface area (Å²) in [6, 6.07) is 14.6. The predicted octanol–water partition coefficient (Wildman–Crippen LogP) is 2.51. The standard InChI is InChI=1S/C18H20N2O3S/c1-24(22)17-7-5-14(6-8-17)18(21)19-15-3-2-4-16(13-15)20-9-11-23-12-10-20/h2-8,13H,9-12H2,1H3,(H,19,21). The molecule has 1 fully saturated rings. The summed E-state index contributed by atoms with van der Waals surface area (Å²) in [5.74, 6) is -0.178. The van der Waals surface area contributed by atoms with Crippen LogP contribution in [0.25, 0.3) is 0 Å². The zero-order valence-electron chi connectivity index (χ0n) is 13.5. The Morgan fingerprint density at radius 1 is 1.12 bits per heavy atom. The van der Waals surface area contributed by atoms with Crippen molar-refractivity contribution in [3.63, 3.8) is 0 Å². The molecule has 1 atom stereocenters. The number of hydrogen-bond donors (Lipinski definition) is 1. The van der Waals surface area contributed by atoms with Gasteiger partial charge in [-0.1, -0.05) is 6.07 Å². The van der Waals surface area contributed by atoms with E-state index in [4.69, 9.17) is 4.74 Å². The highest BCUT2D eigenvalue weighted by Gasteiger charge is 2.12. The molecule has 0 saturated carbocycles. The zero-order chi connectivity index (χ0) is 16.9. The van der Waals surface area contributed by atoms with Gasteiger partial charge in [-0.25, -0.2) is 0 Å². The minimum atomic E-state index is -1.04. The van der Waals surface area contributed by atoms with Crippen LogP contribution in [0.5, 0.6) is 0 Å². The Balaban J connectivity index is 1.70. The van der Waals surface area contributed by atoms with Crippen LogP contribution in [0, 0.1) is 0 Å². The van der Waals surface area contributed by atoms with E-state index in [9.17, 15) is 9.00 Å². The van der Waals surface area contributed by atoms with Crippen molar-refractivity contribution >= 4 is 28.1 Å². The third-order valence-corrected chi connectivity index (χ3v) is 4.86. The highest BCUT2D eigenvalue weighted by Crippen LogP contribution is 2.21. The molecule has 0 spiro atoms. The number of benzene rings is 2. The first-order chi connectivity index (χ1) is 11.6. The molecular formula is C18H20N2O3S. The number of anilines is 2. The third-order valence-electron chi connectivity index (χ3n) is 3.93. The van der Waals surface area contributed by atoms with E-state index in [-0.39, 0.29) is 5.91 Å². The van der Waals surface area contributed by atoms with Crippen LogP contribution in [0.1, 0.15) is 10.4 Å². The van der Waals surface area contributed by atoms with Crippen LogP contribution in [0.2, 0.25) is 0 Å². The summed E-state index contributed by atoms with van der Waals surface area (Å²) in [4.78, 5) is 15.3. The van der Waals surface area contributed by atoms with Gasteiger partial charge in [0, 0.05) is 52.0 Å². The summed E-state index contributed by atoms with van der Waals surface area (Å²) in [6.07, 6.45) is 1.62. The number of nitrogens with zero attached hydrogens (tertiary/aromatic N) is 1. The van der Waals surface area contributed by atoms with Crippen LogP contribution >= 0.6 is 0 Å². The maximum absolute atomic E-state index is 12.4. The Morgan fingerprint density at radius 3 is 2.50 bits per heavy atom. The van der Waals surface area contributed by atoms with Gasteiger partial charge < -0.3 is 15.0 Å². The summed E-state index contributed by atoms with van der Waals surface area (Å²) >= 11 is 0. The second kappa shape index (κ2) is 7.59. The van der Waals surface area contributed by atoms with Gasteiger partial charge in [0.2, 0.25) is 0 Å². The number of morpholine rings is 1. The molecule has 1 heterocycles. The average Bonchev–Trinajstić information content (AvgIpc) is 2.63. The fourth-order valence-corrected chi connectivity index (χ4v) is 3.12. The quantitative estimate of drug-likeness (QED) is 0.926. The summed E-state index contributed by atoms with van der Waals surface area (Å²) < 4.78 is 16.8. The third kappa shape index (κ3) is 4.01. The van der Waals surface area contributed by atoms with Gasteiger partial charge in [0.05, 0.1) is 13.2 Å². The first-order valence-electron chi connectivity index (χ1n) is 7.81. The van der Waals surface area contributed by atoms with E-state index >= 15 is 0 Å². The van der Waals surface area contributed by atoms with Crippen molar-refractivity contribution in [3.8, 4) is 0 Å². The normalized spacial score (nSPS) is 15.8. The predicted molar refractivity (Wildman–Crippen MR) is 96.2 cm³/mol. The molecule has 126 valence electrons. The number of hydrogen-bond acceptors (Lipinski definition) is 4. The Bertz CT molecular complexity index is 740. The highest BCUT2D eigenvalue weighted by molar-refractivity contribution is 7.84. The summed E-state index contributed by atoms with van der Waals surface area (Å²) in [5.41, 5.74) is 2.38. The molecule has 1 N–H and O–H groups in total. The van der Waals surface area contributed by atoms with Crippen LogP contribution in [0.4, 0.5) is 11.4 Å². The van der Waals surface area contributed by atoms with Crippen molar-refractivity contribution in [2.24, 2.45) is 0 Å². The van der Waals surface area contributed by atoms with Gasteiger partial charge in [0.25, 0.3) is 5.91 Å². The zero-order valence-corrected chi connectivity index (χ0v) is 14.3. The number of rotatable bonds is 4. The maximum atomic E-state index is 12.4. The van der Waals surface area contributed by atoms with E-state index in [1.807, 2.05) is 24.3 Å². The largest absolute Gasteiger partial charge is 0.378 e. The van der Waals surface area contributed by atoms with Crippen molar-refractivity contribution in [1.29, 1.82) is 0 Å². The molecule has 1 saturated heterocycles. The van der Waals surface area contributed by atoms with Crippen LogP contribution in [0.15, 0.2) is 53.4 Å². The smallest absolute Gasteiger partial charge is 0.255 e. The van der Waals surface area contributed by atoms with Crippen LogP contribution in [-0.2, 0) is 15.5 Å². The Labute approximate surface area is 144 Å². The van der Waals surface area contributed by atoms with Crippen molar-refractivity contribution < 1.29 is 13.7 Å². The maximum Gasteiger partial charge on any atom is 0.255 e. The second-order valence-electron chi connectivity index (χ2n) is 5.58.